The molecule has 174 valence electrons. The summed E-state index contributed by atoms with van der Waals surface area (Å²) in [4.78, 5) is 38.9. The van der Waals surface area contributed by atoms with Crippen molar-refractivity contribution in [1.82, 2.24) is 25.5 Å². The van der Waals surface area contributed by atoms with Crippen molar-refractivity contribution in [2.75, 3.05) is 13.6 Å². The van der Waals surface area contributed by atoms with Crippen LogP contribution in [0.5, 0.6) is 0 Å². The van der Waals surface area contributed by atoms with Crippen molar-refractivity contribution in [3.05, 3.63) is 80.6 Å². The molecule has 0 bridgehead atoms. The molecule has 1 amide bonds. The van der Waals surface area contributed by atoms with E-state index in [9.17, 15) is 18.8 Å². The third kappa shape index (κ3) is 5.37. The van der Waals surface area contributed by atoms with Crippen LogP contribution in [0.4, 0.5) is 4.39 Å². The normalized spacial score (nSPS) is 18.0. The van der Waals surface area contributed by atoms with Gasteiger partial charge in [-0.2, -0.15) is 0 Å². The van der Waals surface area contributed by atoms with E-state index in [1.165, 1.54) is 16.8 Å². The summed E-state index contributed by atoms with van der Waals surface area (Å²) in [5, 5.41) is 3.25. The quantitative estimate of drug-likeness (QED) is 0.485. The minimum Gasteiger partial charge on any atom is -0.346 e. The molecule has 33 heavy (non-hydrogen) atoms. The van der Waals surface area contributed by atoms with E-state index in [0.717, 1.165) is 24.8 Å². The van der Waals surface area contributed by atoms with Gasteiger partial charge in [0.1, 0.15) is 5.82 Å². The molecule has 3 N–H and O–H groups in total. The molecule has 9 heteroatoms. The van der Waals surface area contributed by atoms with Crippen LogP contribution in [-0.2, 0) is 11.3 Å². The van der Waals surface area contributed by atoms with Gasteiger partial charge >= 0.3 is 0 Å². The van der Waals surface area contributed by atoms with Gasteiger partial charge in [-0.05, 0) is 49.1 Å². The first kappa shape index (κ1) is 22.9. The van der Waals surface area contributed by atoms with Crippen molar-refractivity contribution in [3.63, 3.8) is 0 Å². The first-order valence-corrected chi connectivity index (χ1v) is 11.1. The number of hydrazine groups is 1. The second-order valence-electron chi connectivity index (χ2n) is 8.48. The molecule has 1 aromatic heterocycles. The number of carbonyl (C=O) groups excluding carboxylic acids is 1. The summed E-state index contributed by atoms with van der Waals surface area (Å²) < 4.78 is 14.3. The molecule has 2 heterocycles. The van der Waals surface area contributed by atoms with Gasteiger partial charge in [-0.15, -0.1) is 0 Å². The minimum atomic E-state index is -0.345. The highest BCUT2D eigenvalue weighted by atomic mass is 19.1. The van der Waals surface area contributed by atoms with E-state index in [4.69, 9.17) is 0 Å². The summed E-state index contributed by atoms with van der Waals surface area (Å²) in [5.41, 5.74) is 6.91. The Bertz CT molecular complexity index is 1240. The van der Waals surface area contributed by atoms with Crippen LogP contribution in [0.1, 0.15) is 37.3 Å². The number of benzene rings is 2. The number of fused-ring (bicyclic) bond motifs is 1. The van der Waals surface area contributed by atoms with Crippen LogP contribution >= 0.6 is 0 Å². The van der Waals surface area contributed by atoms with Crippen molar-refractivity contribution >= 4 is 16.7 Å². The summed E-state index contributed by atoms with van der Waals surface area (Å²) in [6.45, 7) is 0.719. The topological polar surface area (TPSA) is 99.2 Å². The molecule has 1 fully saturated rings. The van der Waals surface area contributed by atoms with E-state index in [0.29, 0.717) is 17.3 Å². The van der Waals surface area contributed by atoms with Crippen LogP contribution in [0, 0.1) is 5.82 Å². The Balaban J connectivity index is 1.23. The predicted molar refractivity (Wildman–Crippen MR) is 124 cm³/mol. The number of aromatic nitrogens is 2. The molecule has 0 spiro atoms. The number of halogens is 1. The van der Waals surface area contributed by atoms with Gasteiger partial charge < -0.3 is 4.90 Å². The Labute approximate surface area is 190 Å². The van der Waals surface area contributed by atoms with Crippen molar-refractivity contribution in [1.29, 1.82) is 0 Å². The maximum atomic E-state index is 13.1. The van der Waals surface area contributed by atoms with E-state index in [-0.39, 0.29) is 47.9 Å². The third-order valence-electron chi connectivity index (χ3n) is 6.16. The van der Waals surface area contributed by atoms with Crippen LogP contribution in [0.25, 0.3) is 10.8 Å². The molecule has 3 aromatic rings. The smallest absolute Gasteiger partial charge is 0.273 e. The molecular weight excluding hydrogens is 425 g/mol. The molecule has 2 aromatic carbocycles. The molecule has 1 saturated heterocycles. The molecule has 0 aliphatic carbocycles. The van der Waals surface area contributed by atoms with Gasteiger partial charge in [-0.3, -0.25) is 30.3 Å². The summed E-state index contributed by atoms with van der Waals surface area (Å²) in [7, 11) is 1.75. The number of amides is 1. The number of hydrogen-bond acceptors (Lipinski definition) is 5. The van der Waals surface area contributed by atoms with Gasteiger partial charge in [0.15, 0.2) is 0 Å². The number of rotatable bonds is 8. The summed E-state index contributed by atoms with van der Waals surface area (Å²) in [6, 6.07) is 13.6. The van der Waals surface area contributed by atoms with Gasteiger partial charge in [0.05, 0.1) is 17.3 Å². The fourth-order valence-electron chi connectivity index (χ4n) is 4.23. The first-order valence-electron chi connectivity index (χ1n) is 11.1. The highest BCUT2D eigenvalue weighted by molar-refractivity contribution is 5.80. The average Bonchev–Trinajstić information content (AvgIpc) is 3.29. The number of carbonyl (C=O) groups is 1. The van der Waals surface area contributed by atoms with Gasteiger partial charge in [-0.25, -0.2) is 9.07 Å². The van der Waals surface area contributed by atoms with E-state index in [2.05, 4.69) is 16.0 Å². The van der Waals surface area contributed by atoms with Crippen molar-refractivity contribution in [3.8, 4) is 0 Å². The molecule has 0 radical (unpaired) electrons. The van der Waals surface area contributed by atoms with E-state index < -0.39 is 0 Å². The highest BCUT2D eigenvalue weighted by Crippen LogP contribution is 2.24. The molecule has 8 nitrogen and oxygen atoms in total. The number of hydrogen-bond donors (Lipinski definition) is 3. The Morgan fingerprint density at radius 2 is 1.82 bits per heavy atom. The number of aryl methyl sites for hydroxylation is 1. The average molecular weight is 454 g/mol. The SMILES string of the molecule is CN(CCCC1CC(c2ccc(F)cc2)NN1)C(=O)CCn1[nH]c(=O)c2ccccc2c1=O. The fourth-order valence-corrected chi connectivity index (χ4v) is 4.23. The highest BCUT2D eigenvalue weighted by Gasteiger charge is 2.24. The van der Waals surface area contributed by atoms with Crippen LogP contribution in [-0.4, -0.2) is 40.2 Å². The Morgan fingerprint density at radius 3 is 2.58 bits per heavy atom. The van der Waals surface area contributed by atoms with Gasteiger partial charge in [0, 0.05) is 32.1 Å². The second kappa shape index (κ2) is 10.1. The van der Waals surface area contributed by atoms with Crippen molar-refractivity contribution < 1.29 is 9.18 Å². The number of aromatic amines is 1. The first-order chi connectivity index (χ1) is 15.9. The van der Waals surface area contributed by atoms with Crippen LogP contribution in [0.3, 0.4) is 0 Å². The molecule has 4 rings (SSSR count). The lowest BCUT2D eigenvalue weighted by atomic mass is 9.99. The lowest BCUT2D eigenvalue weighted by Crippen LogP contribution is -2.34. The zero-order chi connectivity index (χ0) is 23.4. The maximum Gasteiger partial charge on any atom is 0.273 e. The lowest BCUT2D eigenvalue weighted by molar-refractivity contribution is -0.130. The Kier molecular flexibility index (Phi) is 7.00. The molecule has 1 aliphatic heterocycles. The van der Waals surface area contributed by atoms with E-state index in [1.54, 1.807) is 48.3 Å². The van der Waals surface area contributed by atoms with Crippen molar-refractivity contribution in [2.45, 2.75) is 44.3 Å². The lowest BCUT2D eigenvalue weighted by Gasteiger charge is -2.18. The van der Waals surface area contributed by atoms with Crippen molar-refractivity contribution in [2.24, 2.45) is 0 Å². The van der Waals surface area contributed by atoms with Crippen LogP contribution in [0.2, 0.25) is 0 Å². The number of H-pyrrole nitrogens is 1. The molecule has 2 atom stereocenters. The standard InChI is InChI=1S/C24H28FN5O3/c1-29(13-4-5-18-15-21(27-26-18)16-8-10-17(25)11-9-16)22(31)12-14-30-24(33)20-7-3-2-6-19(20)23(32)28-30/h2-3,6-11,18,21,26-27H,4-5,12-15H2,1H3,(H,28,32). The number of nitrogens with one attached hydrogen (secondary N) is 3. The Hall–Kier alpha value is -3.30. The van der Waals surface area contributed by atoms with Crippen LogP contribution in [0.15, 0.2) is 58.1 Å². The molecule has 2 unspecified atom stereocenters. The second-order valence-corrected chi connectivity index (χ2v) is 8.48. The fraction of sp³-hybridized carbons (Fsp3) is 0.375. The predicted octanol–water partition coefficient (Wildman–Crippen LogP) is 2.07. The maximum absolute atomic E-state index is 13.1. The zero-order valence-corrected chi connectivity index (χ0v) is 18.5. The summed E-state index contributed by atoms with van der Waals surface area (Å²) in [6.07, 6.45) is 2.73. The number of nitrogens with zero attached hydrogens (tertiary/aromatic N) is 2. The van der Waals surface area contributed by atoms with Gasteiger partial charge in [0.25, 0.3) is 11.1 Å². The minimum absolute atomic E-state index is 0.0856. The van der Waals surface area contributed by atoms with Gasteiger partial charge in [-0.1, -0.05) is 24.3 Å². The van der Waals surface area contributed by atoms with Crippen LogP contribution < -0.4 is 22.0 Å². The monoisotopic (exact) mass is 453 g/mol. The molecular formula is C24H28FN5O3. The zero-order valence-electron chi connectivity index (χ0n) is 18.5. The summed E-state index contributed by atoms with van der Waals surface area (Å²) >= 11 is 0. The van der Waals surface area contributed by atoms with Gasteiger partial charge in [0.2, 0.25) is 5.91 Å². The molecule has 1 aliphatic rings. The van der Waals surface area contributed by atoms with E-state index >= 15 is 0 Å². The Morgan fingerprint density at radius 1 is 1.09 bits per heavy atom. The van der Waals surface area contributed by atoms with E-state index in [1.807, 2.05) is 0 Å². The summed E-state index contributed by atoms with van der Waals surface area (Å²) in [5.74, 6) is -0.330. The molecule has 0 saturated carbocycles. The largest absolute Gasteiger partial charge is 0.346 e. The third-order valence-corrected chi connectivity index (χ3v) is 6.16.